The minimum absolute atomic E-state index is 0.107. The van der Waals surface area contributed by atoms with Crippen LogP contribution in [-0.2, 0) is 13.5 Å². The molecule has 0 fully saturated rings. The van der Waals surface area contributed by atoms with Gasteiger partial charge in [-0.3, -0.25) is 9.48 Å². The lowest BCUT2D eigenvalue weighted by Crippen LogP contribution is -2.25. The SMILES string of the molecule is Cc1nn(C)cc1C(=O)NCCc1ccc(O)cc1. The lowest BCUT2D eigenvalue weighted by molar-refractivity contribution is 0.0953. The number of nitrogens with zero attached hydrogens (tertiary/aromatic N) is 2. The molecule has 0 radical (unpaired) electrons. The van der Waals surface area contributed by atoms with Crippen molar-refractivity contribution in [3.63, 3.8) is 0 Å². The van der Waals surface area contributed by atoms with Crippen LogP contribution in [0.25, 0.3) is 0 Å². The zero-order valence-electron chi connectivity index (χ0n) is 11.1. The molecule has 5 heteroatoms. The maximum Gasteiger partial charge on any atom is 0.254 e. The van der Waals surface area contributed by atoms with Gasteiger partial charge in [-0.15, -0.1) is 0 Å². The largest absolute Gasteiger partial charge is 0.508 e. The van der Waals surface area contributed by atoms with Gasteiger partial charge in [-0.1, -0.05) is 12.1 Å². The van der Waals surface area contributed by atoms with Gasteiger partial charge in [0.25, 0.3) is 5.91 Å². The second-order valence-corrected chi connectivity index (χ2v) is 4.47. The quantitative estimate of drug-likeness (QED) is 0.872. The number of carbonyl (C=O) groups excluding carboxylic acids is 1. The summed E-state index contributed by atoms with van der Waals surface area (Å²) in [4.78, 5) is 11.9. The lowest BCUT2D eigenvalue weighted by atomic mass is 10.1. The van der Waals surface area contributed by atoms with Crippen molar-refractivity contribution in [2.75, 3.05) is 6.54 Å². The summed E-state index contributed by atoms with van der Waals surface area (Å²) in [5.41, 5.74) is 2.40. The monoisotopic (exact) mass is 259 g/mol. The van der Waals surface area contributed by atoms with E-state index in [0.29, 0.717) is 12.1 Å². The fraction of sp³-hybridized carbons (Fsp3) is 0.286. The summed E-state index contributed by atoms with van der Waals surface area (Å²) in [7, 11) is 1.79. The Balaban J connectivity index is 1.87. The van der Waals surface area contributed by atoms with Gasteiger partial charge in [-0.25, -0.2) is 0 Å². The molecule has 0 atom stereocenters. The van der Waals surface area contributed by atoms with Crippen LogP contribution in [-0.4, -0.2) is 27.3 Å². The minimum atomic E-state index is -0.107. The van der Waals surface area contributed by atoms with Crippen LogP contribution in [0.4, 0.5) is 0 Å². The highest BCUT2D eigenvalue weighted by Gasteiger charge is 2.11. The molecule has 1 aromatic carbocycles. The summed E-state index contributed by atoms with van der Waals surface area (Å²) in [5, 5.41) is 16.2. The second-order valence-electron chi connectivity index (χ2n) is 4.47. The maximum atomic E-state index is 11.9. The van der Waals surface area contributed by atoms with Gasteiger partial charge in [-0.2, -0.15) is 5.10 Å². The molecule has 1 aromatic heterocycles. The number of carbonyl (C=O) groups is 1. The van der Waals surface area contributed by atoms with Crippen LogP contribution in [0.3, 0.4) is 0 Å². The van der Waals surface area contributed by atoms with Crippen LogP contribution in [0.1, 0.15) is 21.6 Å². The third-order valence-electron chi connectivity index (χ3n) is 2.89. The lowest BCUT2D eigenvalue weighted by Gasteiger charge is -2.04. The van der Waals surface area contributed by atoms with Crippen molar-refractivity contribution in [2.45, 2.75) is 13.3 Å². The minimum Gasteiger partial charge on any atom is -0.508 e. The number of phenolic OH excluding ortho intramolecular Hbond substituents is 1. The Kier molecular flexibility index (Phi) is 3.85. The molecule has 1 amide bonds. The van der Waals surface area contributed by atoms with Crippen LogP contribution >= 0.6 is 0 Å². The molecule has 2 N–H and O–H groups in total. The number of aromatic hydroxyl groups is 1. The number of amides is 1. The van der Waals surface area contributed by atoms with Crippen LogP contribution in [0.5, 0.6) is 5.75 Å². The first kappa shape index (κ1) is 13.1. The third-order valence-corrected chi connectivity index (χ3v) is 2.89. The van der Waals surface area contributed by atoms with Crippen molar-refractivity contribution in [1.29, 1.82) is 0 Å². The molecule has 0 bridgehead atoms. The van der Waals surface area contributed by atoms with E-state index >= 15 is 0 Å². The summed E-state index contributed by atoms with van der Waals surface area (Å²) in [6.45, 7) is 2.37. The van der Waals surface area contributed by atoms with E-state index in [1.165, 1.54) is 0 Å². The number of aromatic nitrogens is 2. The normalized spacial score (nSPS) is 10.4. The standard InChI is InChI=1S/C14H17N3O2/c1-10-13(9-17(2)16-10)14(19)15-8-7-11-3-5-12(18)6-4-11/h3-6,9,18H,7-8H2,1-2H3,(H,15,19). The van der Waals surface area contributed by atoms with Crippen molar-refractivity contribution in [3.05, 3.63) is 47.3 Å². The van der Waals surface area contributed by atoms with Crippen molar-refractivity contribution in [2.24, 2.45) is 7.05 Å². The number of nitrogens with one attached hydrogen (secondary N) is 1. The number of rotatable bonds is 4. The molecule has 100 valence electrons. The average Bonchev–Trinajstić information content (AvgIpc) is 2.71. The van der Waals surface area contributed by atoms with E-state index in [4.69, 9.17) is 0 Å². The molecule has 2 aromatic rings. The highest BCUT2D eigenvalue weighted by Crippen LogP contribution is 2.10. The molecular formula is C14H17N3O2. The fourth-order valence-corrected chi connectivity index (χ4v) is 1.90. The van der Waals surface area contributed by atoms with Gasteiger partial charge in [0.2, 0.25) is 0 Å². The summed E-state index contributed by atoms with van der Waals surface area (Å²) >= 11 is 0. The molecule has 0 aliphatic carbocycles. The van der Waals surface area contributed by atoms with Crippen molar-refractivity contribution < 1.29 is 9.90 Å². The molecule has 0 saturated heterocycles. The van der Waals surface area contributed by atoms with Crippen molar-refractivity contribution >= 4 is 5.91 Å². The van der Waals surface area contributed by atoms with Gasteiger partial charge in [0.05, 0.1) is 11.3 Å². The van der Waals surface area contributed by atoms with Crippen LogP contribution in [0.15, 0.2) is 30.5 Å². The van der Waals surface area contributed by atoms with E-state index in [9.17, 15) is 9.90 Å². The molecule has 1 heterocycles. The Labute approximate surface area is 111 Å². The van der Waals surface area contributed by atoms with E-state index in [0.717, 1.165) is 17.7 Å². The summed E-state index contributed by atoms with van der Waals surface area (Å²) in [6.07, 6.45) is 2.44. The van der Waals surface area contributed by atoms with Gasteiger partial charge in [0.1, 0.15) is 5.75 Å². The third kappa shape index (κ3) is 3.34. The van der Waals surface area contributed by atoms with E-state index < -0.39 is 0 Å². The van der Waals surface area contributed by atoms with Crippen molar-refractivity contribution in [3.8, 4) is 5.75 Å². The number of aryl methyl sites for hydroxylation is 2. The number of hydrogen-bond acceptors (Lipinski definition) is 3. The Bertz CT molecular complexity index is 573. The zero-order valence-corrected chi connectivity index (χ0v) is 11.1. The first-order valence-corrected chi connectivity index (χ1v) is 6.12. The van der Waals surface area contributed by atoms with Gasteiger partial charge in [0.15, 0.2) is 0 Å². The molecule has 5 nitrogen and oxygen atoms in total. The summed E-state index contributed by atoms with van der Waals surface area (Å²) in [6, 6.07) is 6.97. The Morgan fingerprint density at radius 1 is 1.37 bits per heavy atom. The molecule has 2 rings (SSSR count). The number of phenols is 1. The Morgan fingerprint density at radius 3 is 2.63 bits per heavy atom. The first-order valence-electron chi connectivity index (χ1n) is 6.12. The number of benzene rings is 1. The average molecular weight is 259 g/mol. The topological polar surface area (TPSA) is 67.2 Å². The zero-order chi connectivity index (χ0) is 13.8. The molecule has 0 spiro atoms. The van der Waals surface area contributed by atoms with Crippen LogP contribution < -0.4 is 5.32 Å². The highest BCUT2D eigenvalue weighted by atomic mass is 16.3. The molecule has 0 unspecified atom stereocenters. The van der Waals surface area contributed by atoms with Gasteiger partial charge in [0, 0.05) is 19.8 Å². The predicted molar refractivity (Wildman–Crippen MR) is 72.1 cm³/mol. The smallest absolute Gasteiger partial charge is 0.254 e. The Morgan fingerprint density at radius 2 is 2.05 bits per heavy atom. The number of hydrogen-bond donors (Lipinski definition) is 2. The van der Waals surface area contributed by atoms with E-state index in [-0.39, 0.29) is 11.7 Å². The maximum absolute atomic E-state index is 11.9. The molecule has 0 aliphatic rings. The van der Waals surface area contributed by atoms with Gasteiger partial charge in [-0.05, 0) is 31.0 Å². The van der Waals surface area contributed by atoms with Gasteiger partial charge < -0.3 is 10.4 Å². The fourth-order valence-electron chi connectivity index (χ4n) is 1.90. The predicted octanol–water partition coefficient (Wildman–Crippen LogP) is 1.41. The van der Waals surface area contributed by atoms with E-state index in [2.05, 4.69) is 10.4 Å². The van der Waals surface area contributed by atoms with Crippen LogP contribution in [0, 0.1) is 6.92 Å². The van der Waals surface area contributed by atoms with Gasteiger partial charge >= 0.3 is 0 Å². The summed E-state index contributed by atoms with van der Waals surface area (Å²) < 4.78 is 1.63. The first-order chi connectivity index (χ1) is 9.06. The second kappa shape index (κ2) is 5.56. The van der Waals surface area contributed by atoms with Crippen LogP contribution in [0.2, 0.25) is 0 Å². The van der Waals surface area contributed by atoms with Crippen molar-refractivity contribution in [1.82, 2.24) is 15.1 Å². The van der Waals surface area contributed by atoms with E-state index in [1.54, 1.807) is 30.1 Å². The Hall–Kier alpha value is -2.30. The molecule has 0 aliphatic heterocycles. The molecular weight excluding hydrogens is 242 g/mol. The molecule has 0 saturated carbocycles. The molecule has 19 heavy (non-hydrogen) atoms. The highest BCUT2D eigenvalue weighted by molar-refractivity contribution is 5.94. The van der Waals surface area contributed by atoms with E-state index in [1.807, 2.05) is 19.1 Å². The summed E-state index contributed by atoms with van der Waals surface area (Å²) in [5.74, 6) is 0.142.